The number of nitrogens with zero attached hydrogens (tertiary/aromatic N) is 2. The van der Waals surface area contributed by atoms with Crippen LogP contribution in [0.15, 0.2) is 18.2 Å². The van der Waals surface area contributed by atoms with Gasteiger partial charge in [-0.3, -0.25) is 0 Å². The molecule has 2 aliphatic heterocycles. The lowest BCUT2D eigenvalue weighted by Gasteiger charge is -2.29. The highest BCUT2D eigenvalue weighted by Gasteiger charge is 2.40. The van der Waals surface area contributed by atoms with Gasteiger partial charge in [0.05, 0.1) is 6.04 Å². The molecule has 0 aromatic heterocycles. The van der Waals surface area contributed by atoms with Crippen molar-refractivity contribution in [3.63, 3.8) is 0 Å². The molecular weight excluding hydrogens is 298 g/mol. The number of hydrogen-bond acceptors (Lipinski definition) is 2. The normalized spacial score (nSPS) is 24.8. The maximum Gasteiger partial charge on any atom is 0.282 e. The molecule has 7 heteroatoms. The van der Waals surface area contributed by atoms with Gasteiger partial charge >= 0.3 is 0 Å². The van der Waals surface area contributed by atoms with Crippen LogP contribution in [0.5, 0.6) is 0 Å². The molecule has 0 spiro atoms. The van der Waals surface area contributed by atoms with Crippen molar-refractivity contribution < 1.29 is 17.2 Å². The van der Waals surface area contributed by atoms with Gasteiger partial charge in [0.15, 0.2) is 0 Å². The largest absolute Gasteiger partial charge is 0.282 e. The summed E-state index contributed by atoms with van der Waals surface area (Å²) in [7, 11) is -3.59. The van der Waals surface area contributed by atoms with Crippen LogP contribution in [0.4, 0.5) is 8.78 Å². The lowest BCUT2D eigenvalue weighted by molar-refractivity contribution is 0.342. The first-order chi connectivity index (χ1) is 10.00. The first-order valence-corrected chi connectivity index (χ1v) is 8.62. The summed E-state index contributed by atoms with van der Waals surface area (Å²) in [6.45, 7) is 1.38. The van der Waals surface area contributed by atoms with E-state index in [-0.39, 0.29) is 5.56 Å². The molecule has 0 radical (unpaired) electrons. The molecule has 3 rings (SSSR count). The van der Waals surface area contributed by atoms with Crippen molar-refractivity contribution in [3.8, 4) is 0 Å². The van der Waals surface area contributed by atoms with Crippen LogP contribution in [0.25, 0.3) is 0 Å². The first-order valence-electron chi connectivity index (χ1n) is 7.22. The van der Waals surface area contributed by atoms with Crippen LogP contribution in [0.3, 0.4) is 0 Å². The highest BCUT2D eigenvalue weighted by molar-refractivity contribution is 7.86. The fraction of sp³-hybridized carbons (Fsp3) is 0.571. The second-order valence-electron chi connectivity index (χ2n) is 5.55. The highest BCUT2D eigenvalue weighted by Crippen LogP contribution is 2.37. The van der Waals surface area contributed by atoms with Crippen molar-refractivity contribution in [2.24, 2.45) is 0 Å². The Morgan fingerprint density at radius 3 is 2.48 bits per heavy atom. The van der Waals surface area contributed by atoms with E-state index in [2.05, 4.69) is 0 Å². The Morgan fingerprint density at radius 1 is 1.05 bits per heavy atom. The Morgan fingerprint density at radius 2 is 1.76 bits per heavy atom. The quantitative estimate of drug-likeness (QED) is 0.859. The van der Waals surface area contributed by atoms with E-state index in [4.69, 9.17) is 0 Å². The van der Waals surface area contributed by atoms with E-state index >= 15 is 0 Å². The van der Waals surface area contributed by atoms with Gasteiger partial charge in [0.25, 0.3) is 10.2 Å². The van der Waals surface area contributed by atoms with E-state index < -0.39 is 27.9 Å². The molecule has 116 valence electrons. The van der Waals surface area contributed by atoms with E-state index in [1.807, 2.05) is 0 Å². The minimum Gasteiger partial charge on any atom is -0.207 e. The molecule has 2 fully saturated rings. The summed E-state index contributed by atoms with van der Waals surface area (Å²) in [6.07, 6.45) is 2.89. The smallest absolute Gasteiger partial charge is 0.207 e. The minimum atomic E-state index is -3.59. The molecule has 2 aliphatic rings. The molecule has 0 N–H and O–H groups in total. The maximum absolute atomic E-state index is 14.0. The molecular formula is C14H18F2N2O2S. The summed E-state index contributed by atoms with van der Waals surface area (Å²) in [4.78, 5) is 0. The second-order valence-corrected chi connectivity index (χ2v) is 7.43. The first kappa shape index (κ1) is 14.9. The van der Waals surface area contributed by atoms with Gasteiger partial charge < -0.3 is 0 Å². The van der Waals surface area contributed by atoms with Crippen molar-refractivity contribution in [2.75, 3.05) is 19.6 Å². The summed E-state index contributed by atoms with van der Waals surface area (Å²) >= 11 is 0. The highest BCUT2D eigenvalue weighted by atomic mass is 32.2. The summed E-state index contributed by atoms with van der Waals surface area (Å²) in [5.74, 6) is -1.10. The third-order valence-electron chi connectivity index (χ3n) is 4.21. The molecule has 0 saturated carbocycles. The predicted molar refractivity (Wildman–Crippen MR) is 74.8 cm³/mol. The fourth-order valence-electron chi connectivity index (χ4n) is 3.16. The number of hydrogen-bond donors (Lipinski definition) is 0. The van der Waals surface area contributed by atoms with Gasteiger partial charge in [0.2, 0.25) is 0 Å². The Balaban J connectivity index is 1.93. The Hall–Kier alpha value is -1.05. The van der Waals surface area contributed by atoms with Crippen LogP contribution < -0.4 is 0 Å². The zero-order valence-corrected chi connectivity index (χ0v) is 12.5. The minimum absolute atomic E-state index is 0.135. The fourth-order valence-corrected chi connectivity index (χ4v) is 5.08. The van der Waals surface area contributed by atoms with Gasteiger partial charge in [0.1, 0.15) is 11.6 Å². The van der Waals surface area contributed by atoms with Crippen LogP contribution in [0, 0.1) is 11.6 Å². The number of benzene rings is 1. The lowest BCUT2D eigenvalue weighted by atomic mass is 10.0. The molecule has 0 aliphatic carbocycles. The number of rotatable bonds is 3. The summed E-state index contributed by atoms with van der Waals surface area (Å²) in [5, 5.41) is 0. The summed E-state index contributed by atoms with van der Waals surface area (Å²) < 4.78 is 55.4. The average Bonchev–Trinajstić information content (AvgIpc) is 3.12. The molecule has 4 nitrogen and oxygen atoms in total. The summed E-state index contributed by atoms with van der Waals surface area (Å²) in [5.41, 5.74) is 0.135. The van der Waals surface area contributed by atoms with Crippen LogP contribution in [0.1, 0.15) is 37.3 Å². The van der Waals surface area contributed by atoms with E-state index in [1.165, 1.54) is 8.61 Å². The van der Waals surface area contributed by atoms with Crippen molar-refractivity contribution in [1.29, 1.82) is 0 Å². The molecule has 1 unspecified atom stereocenters. The molecule has 1 aromatic carbocycles. The molecule has 1 aromatic rings. The van der Waals surface area contributed by atoms with Crippen LogP contribution >= 0.6 is 0 Å². The molecule has 0 bridgehead atoms. The van der Waals surface area contributed by atoms with E-state index in [9.17, 15) is 17.2 Å². The van der Waals surface area contributed by atoms with Gasteiger partial charge in [-0.15, -0.1) is 0 Å². The predicted octanol–water partition coefficient (Wildman–Crippen LogP) is 2.44. The lowest BCUT2D eigenvalue weighted by Crippen LogP contribution is -2.42. The standard InChI is InChI=1S/C14H18F2N2O2S/c15-11-5-6-13(16)12(10-11)14-4-3-9-18(14)21(19,20)17-7-1-2-8-17/h5-6,10,14H,1-4,7-9H2. The van der Waals surface area contributed by atoms with Gasteiger partial charge in [-0.05, 0) is 43.9 Å². The Labute approximate surface area is 123 Å². The molecule has 0 amide bonds. The van der Waals surface area contributed by atoms with Crippen molar-refractivity contribution in [1.82, 2.24) is 8.61 Å². The van der Waals surface area contributed by atoms with Gasteiger partial charge in [-0.25, -0.2) is 8.78 Å². The van der Waals surface area contributed by atoms with Crippen molar-refractivity contribution in [2.45, 2.75) is 31.7 Å². The SMILES string of the molecule is O=S(=O)(N1CCCC1)N1CCCC1c1cc(F)ccc1F. The van der Waals surface area contributed by atoms with Crippen LogP contribution in [-0.4, -0.2) is 36.7 Å². The zero-order valence-electron chi connectivity index (χ0n) is 11.6. The Bertz CT molecular complexity index is 630. The van der Waals surface area contributed by atoms with E-state index in [1.54, 1.807) is 0 Å². The molecule has 21 heavy (non-hydrogen) atoms. The van der Waals surface area contributed by atoms with E-state index in [0.29, 0.717) is 32.5 Å². The summed E-state index contributed by atoms with van der Waals surface area (Å²) in [6, 6.07) is 2.61. The van der Waals surface area contributed by atoms with Crippen molar-refractivity contribution in [3.05, 3.63) is 35.4 Å². The van der Waals surface area contributed by atoms with E-state index in [0.717, 1.165) is 31.0 Å². The number of halogens is 2. The third-order valence-corrected chi connectivity index (χ3v) is 6.26. The Kier molecular flexibility index (Phi) is 3.98. The monoisotopic (exact) mass is 316 g/mol. The molecule has 1 atom stereocenters. The topological polar surface area (TPSA) is 40.6 Å². The molecule has 2 heterocycles. The van der Waals surface area contributed by atoms with Crippen molar-refractivity contribution >= 4 is 10.2 Å². The average molecular weight is 316 g/mol. The second kappa shape index (κ2) is 5.62. The van der Waals surface area contributed by atoms with Gasteiger partial charge in [0, 0.05) is 25.2 Å². The maximum atomic E-state index is 14.0. The zero-order chi connectivity index (χ0) is 15.0. The van der Waals surface area contributed by atoms with Crippen LogP contribution in [0.2, 0.25) is 0 Å². The third kappa shape index (κ3) is 2.69. The van der Waals surface area contributed by atoms with Gasteiger partial charge in [-0.1, -0.05) is 0 Å². The van der Waals surface area contributed by atoms with Crippen LogP contribution in [-0.2, 0) is 10.2 Å². The van der Waals surface area contributed by atoms with Gasteiger partial charge in [-0.2, -0.15) is 17.0 Å². The molecule has 2 saturated heterocycles.